The van der Waals surface area contributed by atoms with Gasteiger partial charge in [-0.25, -0.2) is 0 Å². The Morgan fingerprint density at radius 1 is 1.21 bits per heavy atom. The highest BCUT2D eigenvalue weighted by Crippen LogP contribution is 2.29. The second-order valence-corrected chi connectivity index (χ2v) is 6.71. The second kappa shape index (κ2) is 6.42. The molecule has 1 unspecified atom stereocenters. The molecule has 0 saturated heterocycles. The molecule has 2 nitrogen and oxygen atoms in total. The van der Waals surface area contributed by atoms with Crippen molar-refractivity contribution in [3.05, 3.63) is 29.3 Å². The van der Waals surface area contributed by atoms with Crippen LogP contribution in [0.25, 0.3) is 0 Å². The molecule has 1 N–H and O–H groups in total. The van der Waals surface area contributed by atoms with E-state index in [0.29, 0.717) is 11.8 Å². The SMILES string of the molecule is COc1cc(C(CNC(C)(C)C)C(C)C)ccc1C. The third-order valence-corrected chi connectivity index (χ3v) is 3.52. The summed E-state index contributed by atoms with van der Waals surface area (Å²) in [6, 6.07) is 6.57. The quantitative estimate of drug-likeness (QED) is 0.862. The van der Waals surface area contributed by atoms with E-state index in [2.05, 4.69) is 65.1 Å². The Hall–Kier alpha value is -1.02. The minimum absolute atomic E-state index is 0.155. The lowest BCUT2D eigenvalue weighted by Gasteiger charge is -2.28. The fourth-order valence-electron chi connectivity index (χ4n) is 2.22. The first kappa shape index (κ1) is 16.0. The van der Waals surface area contributed by atoms with Gasteiger partial charge in [-0.1, -0.05) is 26.0 Å². The summed E-state index contributed by atoms with van der Waals surface area (Å²) >= 11 is 0. The van der Waals surface area contributed by atoms with E-state index in [4.69, 9.17) is 4.74 Å². The summed E-state index contributed by atoms with van der Waals surface area (Å²) in [6.07, 6.45) is 0. The number of ether oxygens (including phenoxy) is 1. The highest BCUT2D eigenvalue weighted by atomic mass is 16.5. The lowest BCUT2D eigenvalue weighted by molar-refractivity contribution is 0.370. The zero-order valence-corrected chi connectivity index (χ0v) is 13.5. The molecule has 0 aliphatic rings. The Morgan fingerprint density at radius 3 is 2.32 bits per heavy atom. The predicted octanol–water partition coefficient (Wildman–Crippen LogP) is 4.13. The summed E-state index contributed by atoms with van der Waals surface area (Å²) in [5.74, 6) is 2.09. The van der Waals surface area contributed by atoms with Gasteiger partial charge < -0.3 is 10.1 Å². The molecule has 0 heterocycles. The maximum atomic E-state index is 5.44. The normalized spacial score (nSPS) is 13.7. The molecule has 0 aromatic heterocycles. The van der Waals surface area contributed by atoms with E-state index < -0.39 is 0 Å². The minimum atomic E-state index is 0.155. The smallest absolute Gasteiger partial charge is 0.122 e. The number of nitrogens with one attached hydrogen (secondary N) is 1. The molecule has 108 valence electrons. The van der Waals surface area contributed by atoms with Gasteiger partial charge in [0, 0.05) is 12.1 Å². The van der Waals surface area contributed by atoms with Crippen molar-refractivity contribution in [2.45, 2.75) is 53.0 Å². The number of methoxy groups -OCH3 is 1. The lowest BCUT2D eigenvalue weighted by atomic mass is 9.87. The van der Waals surface area contributed by atoms with E-state index in [1.54, 1.807) is 7.11 Å². The number of benzene rings is 1. The molecule has 0 spiro atoms. The van der Waals surface area contributed by atoms with Crippen LogP contribution in [0.15, 0.2) is 18.2 Å². The Balaban J connectivity index is 2.93. The van der Waals surface area contributed by atoms with Crippen LogP contribution in [0.5, 0.6) is 5.75 Å². The predicted molar refractivity (Wildman–Crippen MR) is 83.1 cm³/mol. The van der Waals surface area contributed by atoms with Crippen molar-refractivity contribution < 1.29 is 4.74 Å². The largest absolute Gasteiger partial charge is 0.496 e. The van der Waals surface area contributed by atoms with Gasteiger partial charge in [-0.2, -0.15) is 0 Å². The van der Waals surface area contributed by atoms with Crippen LogP contribution >= 0.6 is 0 Å². The molecule has 2 heteroatoms. The number of aryl methyl sites for hydroxylation is 1. The van der Waals surface area contributed by atoms with Crippen LogP contribution < -0.4 is 10.1 Å². The first-order chi connectivity index (χ1) is 8.74. The van der Waals surface area contributed by atoms with Gasteiger partial charge >= 0.3 is 0 Å². The third kappa shape index (κ3) is 4.87. The molecule has 0 amide bonds. The van der Waals surface area contributed by atoms with Crippen LogP contribution in [-0.4, -0.2) is 19.2 Å². The van der Waals surface area contributed by atoms with E-state index >= 15 is 0 Å². The maximum absolute atomic E-state index is 5.44. The fourth-order valence-corrected chi connectivity index (χ4v) is 2.22. The monoisotopic (exact) mass is 263 g/mol. The topological polar surface area (TPSA) is 21.3 Å². The molecule has 0 aliphatic carbocycles. The van der Waals surface area contributed by atoms with Gasteiger partial charge in [0.2, 0.25) is 0 Å². The fraction of sp³-hybridized carbons (Fsp3) is 0.647. The van der Waals surface area contributed by atoms with Crippen molar-refractivity contribution in [3.63, 3.8) is 0 Å². The number of hydrogen-bond acceptors (Lipinski definition) is 2. The van der Waals surface area contributed by atoms with Crippen LogP contribution in [-0.2, 0) is 0 Å². The van der Waals surface area contributed by atoms with Crippen molar-refractivity contribution in [1.82, 2.24) is 5.32 Å². The first-order valence-corrected chi connectivity index (χ1v) is 7.14. The van der Waals surface area contributed by atoms with Gasteiger partial charge in [-0.3, -0.25) is 0 Å². The Bertz CT molecular complexity index is 404. The standard InChI is InChI=1S/C17H29NO/c1-12(2)15(11-18-17(4,5)6)14-9-8-13(3)16(10-14)19-7/h8-10,12,15,18H,11H2,1-7H3. The average Bonchev–Trinajstić information content (AvgIpc) is 2.29. The maximum Gasteiger partial charge on any atom is 0.122 e. The molecular formula is C17H29NO. The molecule has 0 bridgehead atoms. The first-order valence-electron chi connectivity index (χ1n) is 7.14. The molecule has 0 saturated carbocycles. The van der Waals surface area contributed by atoms with Crippen LogP contribution in [0.1, 0.15) is 51.7 Å². The molecule has 1 aromatic carbocycles. The third-order valence-electron chi connectivity index (χ3n) is 3.52. The molecule has 1 aromatic rings. The average molecular weight is 263 g/mol. The summed E-state index contributed by atoms with van der Waals surface area (Å²) in [7, 11) is 1.74. The van der Waals surface area contributed by atoms with E-state index in [1.807, 2.05) is 0 Å². The Kier molecular flexibility index (Phi) is 5.42. The van der Waals surface area contributed by atoms with Gasteiger partial charge in [0.15, 0.2) is 0 Å². The van der Waals surface area contributed by atoms with E-state index in [1.165, 1.54) is 11.1 Å². The molecule has 0 fully saturated rings. The van der Waals surface area contributed by atoms with Crippen molar-refractivity contribution in [2.24, 2.45) is 5.92 Å². The molecule has 1 rings (SSSR count). The highest BCUT2D eigenvalue weighted by Gasteiger charge is 2.19. The molecule has 0 radical (unpaired) electrons. The highest BCUT2D eigenvalue weighted by molar-refractivity contribution is 5.38. The van der Waals surface area contributed by atoms with Crippen LogP contribution in [0.2, 0.25) is 0 Å². The van der Waals surface area contributed by atoms with Crippen molar-refractivity contribution in [2.75, 3.05) is 13.7 Å². The number of hydrogen-bond donors (Lipinski definition) is 1. The summed E-state index contributed by atoms with van der Waals surface area (Å²) in [5, 5.41) is 3.61. The second-order valence-electron chi connectivity index (χ2n) is 6.71. The van der Waals surface area contributed by atoms with Crippen LogP contribution in [0, 0.1) is 12.8 Å². The molecule has 0 aliphatic heterocycles. The van der Waals surface area contributed by atoms with Gasteiger partial charge in [0.1, 0.15) is 5.75 Å². The van der Waals surface area contributed by atoms with Crippen molar-refractivity contribution >= 4 is 0 Å². The van der Waals surface area contributed by atoms with Crippen LogP contribution in [0.3, 0.4) is 0 Å². The lowest BCUT2D eigenvalue weighted by Crippen LogP contribution is -2.39. The summed E-state index contributed by atoms with van der Waals surface area (Å²) in [5.41, 5.74) is 2.70. The molecule has 1 atom stereocenters. The zero-order chi connectivity index (χ0) is 14.6. The Morgan fingerprint density at radius 2 is 1.84 bits per heavy atom. The van der Waals surface area contributed by atoms with Crippen molar-refractivity contribution in [1.29, 1.82) is 0 Å². The summed E-state index contributed by atoms with van der Waals surface area (Å²) in [4.78, 5) is 0. The van der Waals surface area contributed by atoms with Gasteiger partial charge in [-0.05, 0) is 56.7 Å². The van der Waals surface area contributed by atoms with Gasteiger partial charge in [0.25, 0.3) is 0 Å². The zero-order valence-electron chi connectivity index (χ0n) is 13.5. The van der Waals surface area contributed by atoms with E-state index in [-0.39, 0.29) is 5.54 Å². The van der Waals surface area contributed by atoms with Gasteiger partial charge in [0.05, 0.1) is 7.11 Å². The van der Waals surface area contributed by atoms with Gasteiger partial charge in [-0.15, -0.1) is 0 Å². The van der Waals surface area contributed by atoms with Crippen LogP contribution in [0.4, 0.5) is 0 Å². The van der Waals surface area contributed by atoms with E-state index in [0.717, 1.165) is 12.3 Å². The minimum Gasteiger partial charge on any atom is -0.496 e. The van der Waals surface area contributed by atoms with Crippen molar-refractivity contribution in [3.8, 4) is 5.75 Å². The molecular weight excluding hydrogens is 234 g/mol. The molecule has 19 heavy (non-hydrogen) atoms. The number of rotatable bonds is 5. The van der Waals surface area contributed by atoms with E-state index in [9.17, 15) is 0 Å². The Labute approximate surface area is 118 Å². The summed E-state index contributed by atoms with van der Waals surface area (Å²) in [6.45, 7) is 14.3. The summed E-state index contributed by atoms with van der Waals surface area (Å²) < 4.78 is 5.44.